The molecule has 0 aliphatic carbocycles. The number of ketones is 1. The highest BCUT2D eigenvalue weighted by molar-refractivity contribution is 9.10. The van der Waals surface area contributed by atoms with Crippen LogP contribution in [0.25, 0.3) is 0 Å². The molecule has 0 radical (unpaired) electrons. The minimum absolute atomic E-state index is 0.144. The highest BCUT2D eigenvalue weighted by Gasteiger charge is 2.41. The van der Waals surface area contributed by atoms with Crippen molar-refractivity contribution < 1.29 is 14.3 Å². The maximum atomic E-state index is 13.2. The van der Waals surface area contributed by atoms with E-state index in [2.05, 4.69) is 26.2 Å². The van der Waals surface area contributed by atoms with E-state index >= 15 is 0 Å². The van der Waals surface area contributed by atoms with E-state index < -0.39 is 5.79 Å². The van der Waals surface area contributed by atoms with Crippen molar-refractivity contribution in [3.63, 3.8) is 0 Å². The molecule has 0 spiro atoms. The number of benzene rings is 2. The summed E-state index contributed by atoms with van der Waals surface area (Å²) in [6.07, 6.45) is 1.67. The Balaban J connectivity index is 1.83. The van der Waals surface area contributed by atoms with Gasteiger partial charge in [-0.05, 0) is 30.3 Å². The first-order chi connectivity index (χ1) is 14.0. The fourth-order valence-corrected chi connectivity index (χ4v) is 3.91. The summed E-state index contributed by atoms with van der Waals surface area (Å²) in [6, 6.07) is 16.3. The summed E-state index contributed by atoms with van der Waals surface area (Å²) in [4.78, 5) is 17.7. The van der Waals surface area contributed by atoms with E-state index in [1.807, 2.05) is 24.3 Å². The third-order valence-corrected chi connectivity index (χ3v) is 5.50. The summed E-state index contributed by atoms with van der Waals surface area (Å²) >= 11 is 9.46. The normalized spacial score (nSPS) is 15.3. The molecule has 1 saturated heterocycles. The Morgan fingerprint density at radius 2 is 1.83 bits per heavy atom. The molecule has 1 fully saturated rings. The molecule has 0 amide bonds. The van der Waals surface area contributed by atoms with Gasteiger partial charge in [0.2, 0.25) is 5.79 Å². The Labute approximate surface area is 182 Å². The van der Waals surface area contributed by atoms with E-state index in [4.69, 9.17) is 21.1 Å². The number of carbonyl (C=O) groups is 1. The first kappa shape index (κ1) is 20.0. The SMILES string of the molecule is CNc1ncc(C2(c3ccc(Cl)cc3)OCCO2)cc1C(=O)c1cccc(Br)c1. The van der Waals surface area contributed by atoms with Gasteiger partial charge in [0.05, 0.1) is 18.8 Å². The van der Waals surface area contributed by atoms with Crippen molar-refractivity contribution in [3.05, 3.63) is 92.5 Å². The van der Waals surface area contributed by atoms with Crippen molar-refractivity contribution >= 4 is 39.1 Å². The molecule has 0 atom stereocenters. The average Bonchev–Trinajstić information content (AvgIpc) is 3.24. The molecule has 1 N–H and O–H groups in total. The quantitative estimate of drug-likeness (QED) is 0.527. The number of hydrogen-bond acceptors (Lipinski definition) is 5. The highest BCUT2D eigenvalue weighted by atomic mass is 79.9. The summed E-state index contributed by atoms with van der Waals surface area (Å²) in [7, 11) is 1.73. The predicted molar refractivity (Wildman–Crippen MR) is 115 cm³/mol. The van der Waals surface area contributed by atoms with E-state index in [-0.39, 0.29) is 5.78 Å². The molecule has 1 aromatic heterocycles. The summed E-state index contributed by atoms with van der Waals surface area (Å²) < 4.78 is 12.9. The maximum Gasteiger partial charge on any atom is 0.224 e. The van der Waals surface area contributed by atoms with E-state index in [0.29, 0.717) is 40.7 Å². The molecule has 0 bridgehead atoms. The number of nitrogens with zero attached hydrogens (tertiary/aromatic N) is 1. The first-order valence-corrected chi connectivity index (χ1v) is 10.2. The lowest BCUT2D eigenvalue weighted by Crippen LogP contribution is -2.29. The third-order valence-electron chi connectivity index (χ3n) is 4.75. The van der Waals surface area contributed by atoms with Gasteiger partial charge in [0, 0.05) is 39.4 Å². The van der Waals surface area contributed by atoms with Crippen LogP contribution in [0.15, 0.2) is 65.3 Å². The molecule has 2 aromatic carbocycles. The average molecular weight is 474 g/mol. The Hall–Kier alpha value is -2.25. The topological polar surface area (TPSA) is 60.5 Å². The molecule has 0 unspecified atom stereocenters. The standard InChI is InChI=1S/C22H18BrClN2O3/c1-25-21-19(20(27)14-3-2-4-17(23)11-14)12-16(13-26-21)22(28-9-10-29-22)15-5-7-18(24)8-6-15/h2-8,11-13H,9-10H2,1H3,(H,25,26). The second kappa shape index (κ2) is 8.24. The molecule has 4 rings (SSSR count). The van der Waals surface area contributed by atoms with Gasteiger partial charge in [-0.1, -0.05) is 51.8 Å². The number of halogens is 2. The third kappa shape index (κ3) is 3.81. The van der Waals surface area contributed by atoms with Crippen molar-refractivity contribution in [1.29, 1.82) is 0 Å². The lowest BCUT2D eigenvalue weighted by atomic mass is 9.95. The van der Waals surface area contributed by atoms with Crippen LogP contribution in [-0.2, 0) is 15.3 Å². The number of aromatic nitrogens is 1. The van der Waals surface area contributed by atoms with Crippen LogP contribution in [-0.4, -0.2) is 31.0 Å². The molecule has 148 valence electrons. The number of hydrogen-bond donors (Lipinski definition) is 1. The van der Waals surface area contributed by atoms with Crippen LogP contribution in [0, 0.1) is 0 Å². The zero-order chi connectivity index (χ0) is 20.4. The summed E-state index contributed by atoms with van der Waals surface area (Å²) in [6.45, 7) is 0.872. The van der Waals surface area contributed by atoms with Crippen molar-refractivity contribution in [2.45, 2.75) is 5.79 Å². The fourth-order valence-electron chi connectivity index (χ4n) is 3.38. The summed E-state index contributed by atoms with van der Waals surface area (Å²) in [5.41, 5.74) is 2.44. The molecule has 29 heavy (non-hydrogen) atoms. The molecule has 2 heterocycles. The lowest BCUT2D eigenvalue weighted by molar-refractivity contribution is -0.130. The van der Waals surface area contributed by atoms with Crippen LogP contribution in [0.5, 0.6) is 0 Å². The van der Waals surface area contributed by atoms with Crippen molar-refractivity contribution in [2.24, 2.45) is 0 Å². The Bertz CT molecular complexity index is 1050. The van der Waals surface area contributed by atoms with Gasteiger partial charge in [-0.3, -0.25) is 4.79 Å². The molecule has 5 nitrogen and oxygen atoms in total. The van der Waals surface area contributed by atoms with Gasteiger partial charge in [-0.2, -0.15) is 0 Å². The van der Waals surface area contributed by atoms with Gasteiger partial charge in [0.25, 0.3) is 0 Å². The summed E-state index contributed by atoms with van der Waals surface area (Å²) in [5, 5.41) is 3.62. The van der Waals surface area contributed by atoms with Crippen LogP contribution < -0.4 is 5.32 Å². The second-order valence-corrected chi connectivity index (χ2v) is 7.88. The second-order valence-electron chi connectivity index (χ2n) is 6.53. The Morgan fingerprint density at radius 3 is 2.48 bits per heavy atom. The van der Waals surface area contributed by atoms with Crippen LogP contribution in [0.1, 0.15) is 27.0 Å². The highest BCUT2D eigenvalue weighted by Crippen LogP contribution is 2.39. The van der Waals surface area contributed by atoms with Gasteiger partial charge in [-0.15, -0.1) is 0 Å². The monoisotopic (exact) mass is 472 g/mol. The fraction of sp³-hybridized carbons (Fsp3) is 0.182. The van der Waals surface area contributed by atoms with E-state index in [9.17, 15) is 4.79 Å². The molecule has 1 aliphatic heterocycles. The molecule has 0 saturated carbocycles. The predicted octanol–water partition coefficient (Wildman–Crippen LogP) is 5.02. The lowest BCUT2D eigenvalue weighted by Gasteiger charge is -2.28. The largest absolute Gasteiger partial charge is 0.373 e. The zero-order valence-corrected chi connectivity index (χ0v) is 18.0. The smallest absolute Gasteiger partial charge is 0.224 e. The van der Waals surface area contributed by atoms with Crippen LogP contribution in [0.3, 0.4) is 0 Å². The minimum Gasteiger partial charge on any atom is -0.373 e. The molecule has 3 aromatic rings. The summed E-state index contributed by atoms with van der Waals surface area (Å²) in [5.74, 6) is -0.784. The Morgan fingerprint density at radius 1 is 1.10 bits per heavy atom. The number of pyridine rings is 1. The molecular weight excluding hydrogens is 456 g/mol. The number of ether oxygens (including phenoxy) is 2. The van der Waals surface area contributed by atoms with Crippen LogP contribution in [0.2, 0.25) is 5.02 Å². The van der Waals surface area contributed by atoms with Crippen LogP contribution >= 0.6 is 27.5 Å². The minimum atomic E-state index is -1.13. The molecule has 1 aliphatic rings. The van der Waals surface area contributed by atoms with Gasteiger partial charge >= 0.3 is 0 Å². The number of carbonyl (C=O) groups excluding carboxylic acids is 1. The van der Waals surface area contributed by atoms with E-state index in [0.717, 1.165) is 10.0 Å². The number of rotatable bonds is 5. The first-order valence-electron chi connectivity index (χ1n) is 9.06. The molecule has 7 heteroatoms. The van der Waals surface area contributed by atoms with Gasteiger partial charge in [-0.25, -0.2) is 4.98 Å². The van der Waals surface area contributed by atoms with Gasteiger partial charge in [0.15, 0.2) is 5.78 Å². The number of nitrogens with one attached hydrogen (secondary N) is 1. The van der Waals surface area contributed by atoms with E-state index in [1.54, 1.807) is 43.6 Å². The maximum absolute atomic E-state index is 13.2. The van der Waals surface area contributed by atoms with Gasteiger partial charge in [0.1, 0.15) is 5.82 Å². The van der Waals surface area contributed by atoms with Crippen LogP contribution in [0.4, 0.5) is 5.82 Å². The van der Waals surface area contributed by atoms with Gasteiger partial charge < -0.3 is 14.8 Å². The van der Waals surface area contributed by atoms with Crippen molar-refractivity contribution in [2.75, 3.05) is 25.6 Å². The Kier molecular flexibility index (Phi) is 5.69. The van der Waals surface area contributed by atoms with E-state index in [1.165, 1.54) is 0 Å². The zero-order valence-electron chi connectivity index (χ0n) is 15.6. The molecular formula is C22H18BrClN2O3. The van der Waals surface area contributed by atoms with Crippen molar-refractivity contribution in [1.82, 2.24) is 4.98 Å². The number of anilines is 1. The van der Waals surface area contributed by atoms with Crippen molar-refractivity contribution in [3.8, 4) is 0 Å².